The van der Waals surface area contributed by atoms with E-state index in [-0.39, 0.29) is 12.5 Å². The van der Waals surface area contributed by atoms with Crippen LogP contribution in [-0.4, -0.2) is 49.7 Å². The summed E-state index contributed by atoms with van der Waals surface area (Å²) >= 11 is 0. The van der Waals surface area contributed by atoms with Gasteiger partial charge in [0, 0.05) is 13.6 Å². The van der Waals surface area contributed by atoms with Crippen molar-refractivity contribution in [3.05, 3.63) is 29.8 Å². The Morgan fingerprint density at radius 2 is 2.12 bits per heavy atom. The van der Waals surface area contributed by atoms with Crippen LogP contribution in [-0.2, 0) is 18.9 Å². The van der Waals surface area contributed by atoms with E-state index in [1.165, 1.54) is 7.11 Å². The van der Waals surface area contributed by atoms with Crippen LogP contribution in [0.4, 0.5) is 0 Å². The second kappa shape index (κ2) is 7.81. The third kappa shape index (κ3) is 4.16. The minimum atomic E-state index is -3.65. The minimum absolute atomic E-state index is 0.240. The van der Waals surface area contributed by atoms with E-state index in [2.05, 4.69) is 9.82 Å². The third-order valence-corrected chi connectivity index (χ3v) is 6.41. The summed E-state index contributed by atoms with van der Waals surface area (Å²) in [6.45, 7) is 2.17. The number of nitrogens with one attached hydrogen (secondary N) is 1. The van der Waals surface area contributed by atoms with E-state index < -0.39 is 19.1 Å². The summed E-state index contributed by atoms with van der Waals surface area (Å²) in [5.41, 5.74) is -0.0188. The molecule has 1 amide bonds. The molecular formula is C16H23N2O5P. The number of carbonyl (C=O) groups is 2. The first kappa shape index (κ1) is 18.5. The molecular weight excluding hydrogens is 331 g/mol. The van der Waals surface area contributed by atoms with Crippen LogP contribution >= 0.6 is 7.52 Å². The Morgan fingerprint density at radius 1 is 1.42 bits per heavy atom. The Morgan fingerprint density at radius 3 is 2.79 bits per heavy atom. The van der Waals surface area contributed by atoms with Crippen LogP contribution in [0.15, 0.2) is 24.3 Å². The molecule has 1 heterocycles. The zero-order chi connectivity index (χ0) is 17.7. The van der Waals surface area contributed by atoms with Gasteiger partial charge >= 0.3 is 13.5 Å². The first-order valence-electron chi connectivity index (χ1n) is 7.79. The smallest absolute Gasteiger partial charge is 0.329 e. The Labute approximate surface area is 141 Å². The number of piperidine rings is 1. The zero-order valence-corrected chi connectivity index (χ0v) is 15.0. The molecule has 0 aliphatic carbocycles. The Kier molecular flexibility index (Phi) is 6.02. The number of aryl methyl sites for hydroxylation is 1. The molecule has 2 rings (SSSR count). The van der Waals surface area contributed by atoms with Gasteiger partial charge in [-0.15, -0.1) is 0 Å². The number of nitrogens with zero attached hydrogens (tertiary/aromatic N) is 1. The lowest BCUT2D eigenvalue weighted by atomic mass is 10.1. The lowest BCUT2D eigenvalue weighted by molar-refractivity contribution is -0.139. The van der Waals surface area contributed by atoms with Crippen molar-refractivity contribution in [2.45, 2.75) is 25.4 Å². The highest BCUT2D eigenvalue weighted by molar-refractivity contribution is 7.59. The number of amides is 1. The predicted molar refractivity (Wildman–Crippen MR) is 90.1 cm³/mol. The molecule has 1 fully saturated rings. The first-order chi connectivity index (χ1) is 11.4. The molecule has 1 aromatic rings. The molecule has 0 saturated carbocycles. The van der Waals surface area contributed by atoms with Crippen molar-refractivity contribution >= 4 is 19.4 Å². The molecule has 0 bridgehead atoms. The molecule has 1 aliphatic rings. The van der Waals surface area contributed by atoms with Crippen LogP contribution in [0.5, 0.6) is 5.75 Å². The highest BCUT2D eigenvalue weighted by Gasteiger charge is 2.44. The summed E-state index contributed by atoms with van der Waals surface area (Å²) in [6.07, 6.45) is 1.18. The van der Waals surface area contributed by atoms with Gasteiger partial charge in [-0.3, -0.25) is 14.2 Å². The van der Waals surface area contributed by atoms with Crippen LogP contribution in [0.1, 0.15) is 18.4 Å². The molecule has 2 atom stereocenters. The van der Waals surface area contributed by atoms with Crippen LogP contribution in [0.3, 0.4) is 0 Å². The minimum Gasteiger partial charge on any atom is -0.468 e. The van der Waals surface area contributed by atoms with Gasteiger partial charge in [0.15, 0.2) is 0 Å². The Bertz CT molecular complexity index is 664. The number of ether oxygens (including phenoxy) is 1. The third-order valence-electron chi connectivity index (χ3n) is 4.04. The summed E-state index contributed by atoms with van der Waals surface area (Å²) in [5, 5.41) is 2.65. The molecule has 8 heteroatoms. The van der Waals surface area contributed by atoms with E-state index in [1.807, 2.05) is 19.1 Å². The monoisotopic (exact) mass is 354 g/mol. The summed E-state index contributed by atoms with van der Waals surface area (Å²) in [4.78, 5) is 25.5. The van der Waals surface area contributed by atoms with Crippen LogP contribution in [0.2, 0.25) is 0 Å². The van der Waals surface area contributed by atoms with Crippen LogP contribution in [0.25, 0.3) is 0 Å². The van der Waals surface area contributed by atoms with E-state index in [1.54, 1.807) is 24.1 Å². The highest BCUT2D eigenvalue weighted by Crippen LogP contribution is 2.51. The van der Waals surface area contributed by atoms with Crippen molar-refractivity contribution in [2.75, 3.05) is 27.2 Å². The number of hydrogen-bond acceptors (Lipinski definition) is 5. The summed E-state index contributed by atoms with van der Waals surface area (Å²) in [6, 6.07) is 7.13. The van der Waals surface area contributed by atoms with Crippen molar-refractivity contribution < 1.29 is 23.4 Å². The number of esters is 1. The molecule has 24 heavy (non-hydrogen) atoms. The normalized spacial score (nSPS) is 20.4. The summed E-state index contributed by atoms with van der Waals surface area (Å²) in [7, 11) is -0.726. The molecule has 1 aliphatic heterocycles. The maximum Gasteiger partial charge on any atom is 0.329 e. The standard InChI is InChI=1S/C16H23N2O5P/c1-12-7-4-5-8-13(12)23-24(21,17-11-15(19)22-3)14-9-6-10-18(2)16(14)20/h4-5,7-8,14H,6,9-11H2,1-3H3,(H,17,21). The van der Waals surface area contributed by atoms with Crippen LogP contribution < -0.4 is 9.61 Å². The lowest BCUT2D eigenvalue weighted by Crippen LogP contribution is -2.44. The van der Waals surface area contributed by atoms with Gasteiger partial charge in [0.25, 0.3) is 0 Å². The molecule has 1 aromatic carbocycles. The predicted octanol–water partition coefficient (Wildman–Crippen LogP) is 1.95. The average Bonchev–Trinajstić information content (AvgIpc) is 2.57. The number of carbonyl (C=O) groups excluding carboxylic acids is 2. The molecule has 0 aromatic heterocycles. The van der Waals surface area contributed by atoms with Gasteiger partial charge in [0.05, 0.1) is 7.11 Å². The topological polar surface area (TPSA) is 84.9 Å². The Hall–Kier alpha value is -1.85. The molecule has 7 nitrogen and oxygen atoms in total. The quantitative estimate of drug-likeness (QED) is 0.621. The van der Waals surface area contributed by atoms with Crippen LogP contribution in [0, 0.1) is 6.92 Å². The summed E-state index contributed by atoms with van der Waals surface area (Å²) in [5.74, 6) is -0.380. The Balaban J connectivity index is 2.30. The molecule has 1 saturated heterocycles. The maximum atomic E-state index is 13.5. The molecule has 0 spiro atoms. The molecule has 1 N–H and O–H groups in total. The van der Waals surface area contributed by atoms with E-state index >= 15 is 0 Å². The first-order valence-corrected chi connectivity index (χ1v) is 9.48. The fourth-order valence-corrected chi connectivity index (χ4v) is 4.85. The number of benzene rings is 1. The number of hydrogen-bond donors (Lipinski definition) is 1. The van der Waals surface area contributed by atoms with E-state index in [0.717, 1.165) is 12.0 Å². The number of para-hydroxylation sites is 1. The molecule has 0 radical (unpaired) electrons. The van der Waals surface area contributed by atoms with Crippen molar-refractivity contribution in [1.29, 1.82) is 0 Å². The fraction of sp³-hybridized carbons (Fsp3) is 0.500. The average molecular weight is 354 g/mol. The number of likely N-dealkylation sites (tertiary alicyclic amines) is 1. The van der Waals surface area contributed by atoms with Gasteiger partial charge in [0.2, 0.25) is 5.91 Å². The fourth-order valence-electron chi connectivity index (χ4n) is 2.58. The van der Waals surface area contributed by atoms with Gasteiger partial charge in [-0.1, -0.05) is 18.2 Å². The number of rotatable bonds is 6. The molecule has 2 unspecified atom stereocenters. The second-order valence-electron chi connectivity index (χ2n) is 5.78. The van der Waals surface area contributed by atoms with E-state index in [9.17, 15) is 14.2 Å². The number of methoxy groups -OCH3 is 1. The summed E-state index contributed by atoms with van der Waals surface area (Å²) < 4.78 is 23.8. The van der Waals surface area contributed by atoms with E-state index in [4.69, 9.17) is 4.52 Å². The van der Waals surface area contributed by atoms with Crippen molar-refractivity contribution in [1.82, 2.24) is 9.99 Å². The SMILES string of the molecule is COC(=O)CNP(=O)(Oc1ccccc1C)C1CCCN(C)C1=O. The van der Waals surface area contributed by atoms with Crippen molar-refractivity contribution in [2.24, 2.45) is 0 Å². The highest BCUT2D eigenvalue weighted by atomic mass is 31.2. The van der Waals surface area contributed by atoms with Gasteiger partial charge in [-0.05, 0) is 31.4 Å². The van der Waals surface area contributed by atoms with Gasteiger partial charge in [0.1, 0.15) is 18.0 Å². The maximum absolute atomic E-state index is 13.5. The van der Waals surface area contributed by atoms with Crippen molar-refractivity contribution in [3.8, 4) is 5.75 Å². The van der Waals surface area contributed by atoms with Gasteiger partial charge < -0.3 is 14.2 Å². The lowest BCUT2D eigenvalue weighted by Gasteiger charge is -2.34. The second-order valence-corrected chi connectivity index (χ2v) is 8.10. The largest absolute Gasteiger partial charge is 0.468 e. The van der Waals surface area contributed by atoms with E-state index in [0.29, 0.717) is 18.7 Å². The van der Waals surface area contributed by atoms with Gasteiger partial charge in [-0.2, -0.15) is 0 Å². The zero-order valence-electron chi connectivity index (χ0n) is 14.2. The van der Waals surface area contributed by atoms with Gasteiger partial charge in [-0.25, -0.2) is 5.09 Å². The molecule has 132 valence electrons. The van der Waals surface area contributed by atoms with Crippen molar-refractivity contribution in [3.63, 3.8) is 0 Å².